The van der Waals surface area contributed by atoms with Crippen molar-refractivity contribution in [3.05, 3.63) is 72.8 Å². The highest BCUT2D eigenvalue weighted by molar-refractivity contribution is 7.93. The van der Waals surface area contributed by atoms with Gasteiger partial charge in [-0.2, -0.15) is 0 Å². The first-order chi connectivity index (χ1) is 15.0. The second-order valence-electron chi connectivity index (χ2n) is 8.10. The lowest BCUT2D eigenvalue weighted by Gasteiger charge is -2.15. The Morgan fingerprint density at radius 2 is 1.16 bits per heavy atom. The molecule has 0 heterocycles. The van der Waals surface area contributed by atoms with E-state index in [0.717, 1.165) is 22.3 Å². The molecule has 0 aliphatic carbocycles. The molecule has 0 aromatic heterocycles. The minimum absolute atomic E-state index is 0.508. The van der Waals surface area contributed by atoms with Gasteiger partial charge in [-0.1, -0.05) is 54.6 Å². The molecule has 170 valence electrons. The molecule has 0 amide bonds. The molecule has 0 atom stereocenters. The molecular formula is C24H28N2O4S2. The van der Waals surface area contributed by atoms with E-state index in [9.17, 15) is 16.8 Å². The van der Waals surface area contributed by atoms with Gasteiger partial charge in [0.15, 0.2) is 0 Å². The van der Waals surface area contributed by atoms with E-state index < -0.39 is 30.5 Å². The summed E-state index contributed by atoms with van der Waals surface area (Å²) in [6, 6.07) is 22.2. The highest BCUT2D eigenvalue weighted by Crippen LogP contribution is 2.31. The molecule has 3 aromatic carbocycles. The molecule has 0 spiro atoms. The van der Waals surface area contributed by atoms with Crippen molar-refractivity contribution in [1.29, 1.82) is 0 Å². The van der Waals surface area contributed by atoms with Crippen LogP contribution in [-0.2, 0) is 20.0 Å². The number of hydrogen-bond acceptors (Lipinski definition) is 4. The zero-order valence-corrected chi connectivity index (χ0v) is 20.2. The Morgan fingerprint density at radius 1 is 0.594 bits per heavy atom. The molecule has 0 saturated carbocycles. The van der Waals surface area contributed by atoms with E-state index in [1.807, 2.05) is 42.5 Å². The van der Waals surface area contributed by atoms with Gasteiger partial charge in [0, 0.05) is 11.3 Å². The molecule has 0 fully saturated rings. The third-order valence-electron chi connectivity index (χ3n) is 5.07. The monoisotopic (exact) mass is 472 g/mol. The lowest BCUT2D eigenvalue weighted by Crippen LogP contribution is -2.22. The summed E-state index contributed by atoms with van der Waals surface area (Å²) < 4.78 is 54.3. The van der Waals surface area contributed by atoms with E-state index in [1.54, 1.807) is 58.0 Å². The van der Waals surface area contributed by atoms with Crippen LogP contribution < -0.4 is 9.44 Å². The number of benzene rings is 3. The predicted molar refractivity (Wildman–Crippen MR) is 133 cm³/mol. The van der Waals surface area contributed by atoms with Crippen molar-refractivity contribution in [2.24, 2.45) is 0 Å². The average molecular weight is 473 g/mol. The largest absolute Gasteiger partial charge is 0.283 e. The molecule has 3 rings (SSSR count). The number of rotatable bonds is 8. The summed E-state index contributed by atoms with van der Waals surface area (Å²) in [6.07, 6.45) is 0. The van der Waals surface area contributed by atoms with Crippen LogP contribution in [0.5, 0.6) is 0 Å². The third kappa shape index (κ3) is 5.49. The molecule has 0 aliphatic heterocycles. The predicted octanol–water partition coefficient (Wildman–Crippen LogP) is 5.32. The van der Waals surface area contributed by atoms with Crippen molar-refractivity contribution in [2.45, 2.75) is 38.2 Å². The maximum Gasteiger partial charge on any atom is 0.235 e. The summed E-state index contributed by atoms with van der Waals surface area (Å²) in [6.45, 7) is 6.53. The van der Waals surface area contributed by atoms with Crippen molar-refractivity contribution in [2.75, 3.05) is 9.44 Å². The average Bonchev–Trinajstić information content (AvgIpc) is 2.74. The molecule has 6 nitrogen and oxygen atoms in total. The van der Waals surface area contributed by atoms with E-state index in [2.05, 4.69) is 9.44 Å². The molecule has 32 heavy (non-hydrogen) atoms. The zero-order valence-electron chi connectivity index (χ0n) is 18.5. The van der Waals surface area contributed by atoms with E-state index in [0.29, 0.717) is 11.4 Å². The summed E-state index contributed by atoms with van der Waals surface area (Å²) >= 11 is 0. The summed E-state index contributed by atoms with van der Waals surface area (Å²) in [7, 11) is -6.89. The van der Waals surface area contributed by atoms with E-state index in [-0.39, 0.29) is 0 Å². The normalized spacial score (nSPS) is 12.2. The number of para-hydroxylation sites is 1. The Kier molecular flexibility index (Phi) is 6.95. The molecule has 0 radical (unpaired) electrons. The van der Waals surface area contributed by atoms with Crippen LogP contribution in [0, 0.1) is 0 Å². The van der Waals surface area contributed by atoms with Crippen LogP contribution in [0.1, 0.15) is 27.7 Å². The van der Waals surface area contributed by atoms with Crippen LogP contribution in [-0.4, -0.2) is 27.3 Å². The standard InChI is InChI=1S/C24H28N2O4S2/c1-17(2)31(27,28)25-22-9-7-8-21(16-22)19-12-14-20(15-13-19)23-10-5-6-11-24(23)26-32(29,30)18(3)4/h5-18,25-26H,1-4H3. The minimum atomic E-state index is -3.46. The van der Waals surface area contributed by atoms with Crippen molar-refractivity contribution >= 4 is 31.4 Å². The Labute approximate surface area is 190 Å². The summed E-state index contributed by atoms with van der Waals surface area (Å²) in [4.78, 5) is 0. The van der Waals surface area contributed by atoms with Crippen molar-refractivity contribution in [3.63, 3.8) is 0 Å². The number of anilines is 2. The van der Waals surface area contributed by atoms with E-state index in [1.165, 1.54) is 0 Å². The SMILES string of the molecule is CC(C)S(=O)(=O)Nc1cccc(-c2ccc(-c3ccccc3NS(=O)(=O)C(C)C)cc2)c1. The molecule has 0 unspecified atom stereocenters. The van der Waals surface area contributed by atoms with Gasteiger partial charge >= 0.3 is 0 Å². The number of nitrogens with one attached hydrogen (secondary N) is 2. The van der Waals surface area contributed by atoms with E-state index in [4.69, 9.17) is 0 Å². The molecule has 0 bridgehead atoms. The smallest absolute Gasteiger partial charge is 0.235 e. The van der Waals surface area contributed by atoms with Gasteiger partial charge in [0.25, 0.3) is 0 Å². The molecule has 8 heteroatoms. The zero-order chi connectivity index (χ0) is 23.5. The maximum atomic E-state index is 12.3. The third-order valence-corrected chi connectivity index (χ3v) is 8.58. The lowest BCUT2D eigenvalue weighted by atomic mass is 9.99. The Balaban J connectivity index is 1.90. The second-order valence-corrected chi connectivity index (χ2v) is 12.6. The molecule has 0 saturated heterocycles. The first kappa shape index (κ1) is 23.8. The summed E-state index contributed by atoms with van der Waals surface area (Å²) in [5, 5.41) is -1.07. The molecule has 0 aliphatic rings. The molecular weight excluding hydrogens is 444 g/mol. The fourth-order valence-electron chi connectivity index (χ4n) is 2.98. The summed E-state index contributed by atoms with van der Waals surface area (Å²) in [5.74, 6) is 0. The fourth-order valence-corrected chi connectivity index (χ4v) is 4.39. The van der Waals surface area contributed by atoms with Gasteiger partial charge in [0.2, 0.25) is 20.0 Å². The van der Waals surface area contributed by atoms with Gasteiger partial charge in [0.05, 0.1) is 16.2 Å². The van der Waals surface area contributed by atoms with Gasteiger partial charge in [-0.15, -0.1) is 0 Å². The Hall–Kier alpha value is -2.84. The van der Waals surface area contributed by atoms with Crippen molar-refractivity contribution in [3.8, 4) is 22.3 Å². The topological polar surface area (TPSA) is 92.3 Å². The van der Waals surface area contributed by atoms with Crippen LogP contribution in [0.25, 0.3) is 22.3 Å². The quantitative estimate of drug-likeness (QED) is 0.464. The van der Waals surface area contributed by atoms with Gasteiger partial charge in [-0.3, -0.25) is 9.44 Å². The van der Waals surface area contributed by atoms with Crippen molar-refractivity contribution in [1.82, 2.24) is 0 Å². The molecule has 3 aromatic rings. The van der Waals surface area contributed by atoms with Gasteiger partial charge in [-0.25, -0.2) is 16.8 Å². The van der Waals surface area contributed by atoms with Crippen LogP contribution >= 0.6 is 0 Å². The highest BCUT2D eigenvalue weighted by atomic mass is 32.2. The lowest BCUT2D eigenvalue weighted by molar-refractivity contribution is 0.591. The maximum absolute atomic E-state index is 12.3. The summed E-state index contributed by atoms with van der Waals surface area (Å²) in [5.41, 5.74) is 4.47. The van der Waals surface area contributed by atoms with Crippen LogP contribution in [0.15, 0.2) is 72.8 Å². The second kappa shape index (κ2) is 9.34. The van der Waals surface area contributed by atoms with Crippen molar-refractivity contribution < 1.29 is 16.8 Å². The van der Waals surface area contributed by atoms with Gasteiger partial charge < -0.3 is 0 Å². The van der Waals surface area contributed by atoms with Gasteiger partial charge in [0.1, 0.15) is 0 Å². The highest BCUT2D eigenvalue weighted by Gasteiger charge is 2.18. The molecule has 2 N–H and O–H groups in total. The minimum Gasteiger partial charge on any atom is -0.283 e. The fraction of sp³-hybridized carbons (Fsp3) is 0.250. The Bertz CT molecular complexity index is 1300. The number of hydrogen-bond donors (Lipinski definition) is 2. The van der Waals surface area contributed by atoms with Gasteiger partial charge in [-0.05, 0) is 62.6 Å². The first-order valence-electron chi connectivity index (χ1n) is 10.3. The van der Waals surface area contributed by atoms with Crippen LogP contribution in [0.3, 0.4) is 0 Å². The van der Waals surface area contributed by atoms with Crippen LogP contribution in [0.2, 0.25) is 0 Å². The van der Waals surface area contributed by atoms with Crippen LogP contribution in [0.4, 0.5) is 11.4 Å². The van der Waals surface area contributed by atoms with E-state index >= 15 is 0 Å². The first-order valence-corrected chi connectivity index (χ1v) is 13.4. The Morgan fingerprint density at radius 3 is 1.78 bits per heavy atom. The number of sulfonamides is 2.